The number of hydrogen-bond acceptors (Lipinski definition) is 5. The molecule has 0 atom stereocenters. The molecule has 1 heterocycles. The van der Waals surface area contributed by atoms with Gasteiger partial charge >= 0.3 is 0 Å². The summed E-state index contributed by atoms with van der Waals surface area (Å²) in [6.45, 7) is 1.54. The number of nitriles is 1. The molecule has 1 aliphatic carbocycles. The number of nitrogens with one attached hydrogen (secondary N) is 1. The number of amides is 1. The van der Waals surface area contributed by atoms with Crippen molar-refractivity contribution in [3.05, 3.63) is 52.2 Å². The highest BCUT2D eigenvalue weighted by Gasteiger charge is 2.33. The molecular formula is C22H27N3O2S. The van der Waals surface area contributed by atoms with Gasteiger partial charge in [-0.1, -0.05) is 43.5 Å². The molecule has 6 heteroatoms. The molecule has 3 rings (SSSR count). The van der Waals surface area contributed by atoms with Crippen LogP contribution in [0.4, 0.5) is 0 Å². The van der Waals surface area contributed by atoms with Crippen LogP contribution in [-0.2, 0) is 17.9 Å². The third kappa shape index (κ3) is 5.34. The van der Waals surface area contributed by atoms with Crippen molar-refractivity contribution in [3.63, 3.8) is 0 Å². The Labute approximate surface area is 170 Å². The zero-order valence-electron chi connectivity index (χ0n) is 16.3. The molecular weight excluding hydrogens is 370 g/mol. The smallest absolute Gasteiger partial charge is 0.235 e. The van der Waals surface area contributed by atoms with Crippen LogP contribution in [0.5, 0.6) is 5.75 Å². The van der Waals surface area contributed by atoms with Gasteiger partial charge in [0.05, 0.1) is 19.7 Å². The van der Waals surface area contributed by atoms with Gasteiger partial charge in [-0.2, -0.15) is 5.26 Å². The van der Waals surface area contributed by atoms with E-state index in [1.54, 1.807) is 18.4 Å². The van der Waals surface area contributed by atoms with E-state index in [1.807, 2.05) is 35.7 Å². The van der Waals surface area contributed by atoms with Crippen molar-refractivity contribution >= 4 is 17.2 Å². The number of hydrogen-bond donors (Lipinski definition) is 1. The number of nitrogens with zero attached hydrogens (tertiary/aromatic N) is 2. The number of carbonyl (C=O) groups is 1. The summed E-state index contributed by atoms with van der Waals surface area (Å²) in [6, 6.07) is 14.4. The molecule has 0 bridgehead atoms. The highest BCUT2D eigenvalue weighted by molar-refractivity contribution is 7.09. The van der Waals surface area contributed by atoms with Crippen LogP contribution < -0.4 is 10.1 Å². The Morgan fingerprint density at radius 2 is 2.00 bits per heavy atom. The van der Waals surface area contributed by atoms with Gasteiger partial charge in [0.1, 0.15) is 11.3 Å². The highest BCUT2D eigenvalue weighted by atomic mass is 32.1. The Balaban J connectivity index is 1.71. The lowest BCUT2D eigenvalue weighted by Crippen LogP contribution is -2.51. The van der Waals surface area contributed by atoms with Gasteiger partial charge in [-0.05, 0) is 30.4 Å². The van der Waals surface area contributed by atoms with Crippen molar-refractivity contribution < 1.29 is 9.53 Å². The Bertz CT molecular complexity index is 807. The summed E-state index contributed by atoms with van der Waals surface area (Å²) in [4.78, 5) is 16.1. The SMILES string of the molecule is COc1ccccc1CN(CC(=O)NC1(C#N)CCCCC1)Cc1cccs1. The van der Waals surface area contributed by atoms with Gasteiger partial charge < -0.3 is 10.1 Å². The van der Waals surface area contributed by atoms with Gasteiger partial charge in [-0.3, -0.25) is 9.69 Å². The number of rotatable bonds is 8. The number of ether oxygens (including phenoxy) is 1. The molecule has 1 aliphatic rings. The summed E-state index contributed by atoms with van der Waals surface area (Å²) in [5.41, 5.74) is 0.344. The topological polar surface area (TPSA) is 65.4 Å². The van der Waals surface area contributed by atoms with Crippen molar-refractivity contribution in [1.29, 1.82) is 5.26 Å². The minimum absolute atomic E-state index is 0.0881. The largest absolute Gasteiger partial charge is 0.496 e. The second-order valence-corrected chi connectivity index (χ2v) is 8.37. The first-order chi connectivity index (χ1) is 13.6. The molecule has 1 aromatic heterocycles. The molecule has 1 aromatic carbocycles. The minimum Gasteiger partial charge on any atom is -0.496 e. The normalized spacial score (nSPS) is 15.8. The molecule has 1 N–H and O–H groups in total. The maximum Gasteiger partial charge on any atom is 0.235 e. The lowest BCUT2D eigenvalue weighted by molar-refractivity contribution is -0.124. The molecule has 0 spiro atoms. The first-order valence-electron chi connectivity index (χ1n) is 9.73. The van der Waals surface area contributed by atoms with E-state index < -0.39 is 5.54 Å². The van der Waals surface area contributed by atoms with Crippen molar-refractivity contribution in [2.75, 3.05) is 13.7 Å². The first kappa shape index (κ1) is 20.4. The second-order valence-electron chi connectivity index (χ2n) is 7.34. The third-order valence-electron chi connectivity index (χ3n) is 5.21. The molecule has 1 saturated carbocycles. The number of para-hydroxylation sites is 1. The van der Waals surface area contributed by atoms with Crippen LogP contribution in [0.2, 0.25) is 0 Å². The van der Waals surface area contributed by atoms with E-state index in [4.69, 9.17) is 4.74 Å². The molecule has 0 radical (unpaired) electrons. The summed E-state index contributed by atoms with van der Waals surface area (Å²) in [6.07, 6.45) is 4.61. The number of benzene rings is 1. The Morgan fingerprint density at radius 1 is 1.21 bits per heavy atom. The molecule has 1 amide bonds. The quantitative estimate of drug-likeness (QED) is 0.728. The van der Waals surface area contributed by atoms with E-state index in [0.717, 1.165) is 43.4 Å². The Morgan fingerprint density at radius 3 is 2.68 bits per heavy atom. The zero-order chi connectivity index (χ0) is 19.8. The number of carbonyl (C=O) groups excluding carboxylic acids is 1. The Kier molecular flexibility index (Phi) is 7.07. The molecule has 0 aliphatic heterocycles. The lowest BCUT2D eigenvalue weighted by atomic mass is 9.83. The lowest BCUT2D eigenvalue weighted by Gasteiger charge is -2.32. The molecule has 0 saturated heterocycles. The van der Waals surface area contributed by atoms with E-state index in [2.05, 4.69) is 22.4 Å². The maximum absolute atomic E-state index is 12.8. The third-order valence-corrected chi connectivity index (χ3v) is 6.07. The highest BCUT2D eigenvalue weighted by Crippen LogP contribution is 2.27. The van der Waals surface area contributed by atoms with Crippen molar-refractivity contribution in [3.8, 4) is 11.8 Å². The fourth-order valence-corrected chi connectivity index (χ4v) is 4.54. The van der Waals surface area contributed by atoms with Crippen LogP contribution in [0.1, 0.15) is 42.5 Å². The molecule has 0 unspecified atom stereocenters. The average Bonchev–Trinajstić information content (AvgIpc) is 3.22. The van der Waals surface area contributed by atoms with Crippen molar-refractivity contribution in [2.45, 2.75) is 50.7 Å². The second kappa shape index (κ2) is 9.72. The Hall–Kier alpha value is -2.36. The summed E-state index contributed by atoms with van der Waals surface area (Å²) in [5.74, 6) is 0.731. The van der Waals surface area contributed by atoms with Gasteiger partial charge in [0.25, 0.3) is 0 Å². The van der Waals surface area contributed by atoms with Crippen LogP contribution >= 0.6 is 11.3 Å². The number of methoxy groups -OCH3 is 1. The molecule has 148 valence electrons. The summed E-state index contributed by atoms with van der Waals surface area (Å²) < 4.78 is 5.47. The van der Waals surface area contributed by atoms with Crippen molar-refractivity contribution in [2.24, 2.45) is 0 Å². The van der Waals surface area contributed by atoms with E-state index in [9.17, 15) is 10.1 Å². The average molecular weight is 398 g/mol. The van der Waals surface area contributed by atoms with Crippen LogP contribution in [0, 0.1) is 11.3 Å². The zero-order valence-corrected chi connectivity index (χ0v) is 17.1. The molecule has 2 aromatic rings. The predicted octanol–water partition coefficient (Wildman–Crippen LogP) is 4.10. The van der Waals surface area contributed by atoms with E-state index >= 15 is 0 Å². The minimum atomic E-state index is -0.700. The van der Waals surface area contributed by atoms with E-state index in [0.29, 0.717) is 13.1 Å². The fraction of sp³-hybridized carbons (Fsp3) is 0.455. The van der Waals surface area contributed by atoms with Crippen LogP contribution in [0.25, 0.3) is 0 Å². The standard InChI is InChI=1S/C22H27N3O2S/c1-27-20-10-4-3-8-18(20)14-25(15-19-9-7-13-28-19)16-21(26)24-22(17-23)11-5-2-6-12-22/h3-4,7-10,13H,2,5-6,11-12,14-16H2,1H3,(H,24,26). The summed E-state index contributed by atoms with van der Waals surface area (Å²) in [7, 11) is 1.66. The van der Waals surface area contributed by atoms with Crippen LogP contribution in [0.15, 0.2) is 41.8 Å². The van der Waals surface area contributed by atoms with Crippen LogP contribution in [0.3, 0.4) is 0 Å². The van der Waals surface area contributed by atoms with Gasteiger partial charge in [0, 0.05) is 23.5 Å². The van der Waals surface area contributed by atoms with Gasteiger partial charge in [0.15, 0.2) is 0 Å². The van der Waals surface area contributed by atoms with Crippen molar-refractivity contribution in [1.82, 2.24) is 10.2 Å². The monoisotopic (exact) mass is 397 g/mol. The maximum atomic E-state index is 12.8. The van der Waals surface area contributed by atoms with E-state index in [1.165, 1.54) is 4.88 Å². The summed E-state index contributed by atoms with van der Waals surface area (Å²) in [5, 5.41) is 14.7. The molecule has 1 fully saturated rings. The van der Waals surface area contributed by atoms with E-state index in [-0.39, 0.29) is 12.5 Å². The number of thiophene rings is 1. The fourth-order valence-electron chi connectivity index (χ4n) is 3.79. The molecule has 5 nitrogen and oxygen atoms in total. The first-order valence-corrected chi connectivity index (χ1v) is 10.6. The molecule has 28 heavy (non-hydrogen) atoms. The van der Waals surface area contributed by atoms with Gasteiger partial charge in [-0.25, -0.2) is 0 Å². The predicted molar refractivity (Wildman–Crippen MR) is 111 cm³/mol. The summed E-state index contributed by atoms with van der Waals surface area (Å²) >= 11 is 1.68. The van der Waals surface area contributed by atoms with Gasteiger partial charge in [-0.15, -0.1) is 11.3 Å². The van der Waals surface area contributed by atoms with Gasteiger partial charge in [0.2, 0.25) is 5.91 Å². The van der Waals surface area contributed by atoms with Crippen LogP contribution in [-0.4, -0.2) is 30.0 Å².